The van der Waals surface area contributed by atoms with Crippen molar-refractivity contribution in [1.29, 1.82) is 0 Å². The predicted molar refractivity (Wildman–Crippen MR) is 80.6 cm³/mol. The van der Waals surface area contributed by atoms with Crippen LogP contribution in [0.5, 0.6) is 0 Å². The first-order chi connectivity index (χ1) is 10.1. The lowest BCUT2D eigenvalue weighted by Crippen LogP contribution is -2.37. The van der Waals surface area contributed by atoms with E-state index in [-0.39, 0.29) is 5.69 Å². The average molecular weight is 287 g/mol. The van der Waals surface area contributed by atoms with Crippen LogP contribution in [0.2, 0.25) is 0 Å². The molecule has 0 spiro atoms. The van der Waals surface area contributed by atoms with Gasteiger partial charge in [0.25, 0.3) is 0 Å². The van der Waals surface area contributed by atoms with Gasteiger partial charge >= 0.3 is 5.97 Å². The van der Waals surface area contributed by atoms with Gasteiger partial charge in [-0.05, 0) is 44.9 Å². The Labute approximate surface area is 124 Å². The van der Waals surface area contributed by atoms with E-state index < -0.39 is 5.97 Å². The molecular formula is C16H21N3O2. The molecule has 21 heavy (non-hydrogen) atoms. The van der Waals surface area contributed by atoms with Gasteiger partial charge in [-0.1, -0.05) is 12.5 Å². The zero-order chi connectivity index (χ0) is 15.0. The first kappa shape index (κ1) is 14.1. The molecule has 5 nitrogen and oxygen atoms in total. The molecule has 1 aliphatic heterocycles. The smallest absolute Gasteiger partial charge is 0.356 e. The molecule has 5 heteroatoms. The Kier molecular flexibility index (Phi) is 3.68. The zero-order valence-electron chi connectivity index (χ0n) is 12.5. The Bertz CT molecular complexity index is 677. The summed E-state index contributed by atoms with van der Waals surface area (Å²) >= 11 is 0. The summed E-state index contributed by atoms with van der Waals surface area (Å²) in [6.07, 6.45) is 5.59. The van der Waals surface area contributed by atoms with E-state index in [1.807, 2.05) is 29.7 Å². The van der Waals surface area contributed by atoms with E-state index >= 15 is 0 Å². The second-order valence-corrected chi connectivity index (χ2v) is 5.96. The third-order valence-electron chi connectivity index (χ3n) is 4.36. The summed E-state index contributed by atoms with van der Waals surface area (Å²) in [6.45, 7) is 5.90. The van der Waals surface area contributed by atoms with Gasteiger partial charge in [-0.25, -0.2) is 9.78 Å². The maximum absolute atomic E-state index is 11.5. The van der Waals surface area contributed by atoms with Crippen molar-refractivity contribution in [1.82, 2.24) is 14.3 Å². The maximum Gasteiger partial charge on any atom is 0.356 e. The molecule has 2 aromatic rings. The number of hydrogen-bond donors (Lipinski definition) is 1. The summed E-state index contributed by atoms with van der Waals surface area (Å²) in [4.78, 5) is 18.1. The molecule has 3 rings (SSSR count). The van der Waals surface area contributed by atoms with Crippen LogP contribution >= 0.6 is 0 Å². The van der Waals surface area contributed by atoms with E-state index in [0.717, 1.165) is 17.8 Å². The first-order valence-electron chi connectivity index (χ1n) is 7.51. The molecule has 1 N–H and O–H groups in total. The van der Waals surface area contributed by atoms with Crippen molar-refractivity contribution in [3.05, 3.63) is 35.3 Å². The van der Waals surface area contributed by atoms with E-state index in [4.69, 9.17) is 0 Å². The van der Waals surface area contributed by atoms with E-state index in [9.17, 15) is 9.90 Å². The molecule has 1 fully saturated rings. The van der Waals surface area contributed by atoms with Crippen LogP contribution in [0.1, 0.15) is 47.9 Å². The molecule has 3 heterocycles. The fourth-order valence-electron chi connectivity index (χ4n) is 3.11. The minimum Gasteiger partial charge on any atom is -0.476 e. The van der Waals surface area contributed by atoms with Gasteiger partial charge in [0.15, 0.2) is 5.69 Å². The minimum absolute atomic E-state index is 0.179. The second-order valence-electron chi connectivity index (χ2n) is 5.96. The number of carboxylic acids is 1. The van der Waals surface area contributed by atoms with Crippen LogP contribution in [0, 0.1) is 6.92 Å². The summed E-state index contributed by atoms with van der Waals surface area (Å²) in [6, 6.07) is 4.34. The summed E-state index contributed by atoms with van der Waals surface area (Å²) in [5.41, 5.74) is 2.77. The monoisotopic (exact) mass is 287 g/mol. The molecular weight excluding hydrogens is 266 g/mol. The number of aromatic nitrogens is 2. The molecule has 1 aliphatic rings. The van der Waals surface area contributed by atoms with Crippen molar-refractivity contribution in [3.8, 4) is 0 Å². The third-order valence-corrected chi connectivity index (χ3v) is 4.36. The number of hydrogen-bond acceptors (Lipinski definition) is 3. The fourth-order valence-corrected chi connectivity index (χ4v) is 3.11. The predicted octanol–water partition coefficient (Wildman–Crippen LogP) is 2.72. The van der Waals surface area contributed by atoms with Gasteiger partial charge in [-0.2, -0.15) is 0 Å². The van der Waals surface area contributed by atoms with Gasteiger partial charge in [0.2, 0.25) is 0 Å². The van der Waals surface area contributed by atoms with Crippen LogP contribution in [-0.4, -0.2) is 37.9 Å². The zero-order valence-corrected chi connectivity index (χ0v) is 12.5. The van der Waals surface area contributed by atoms with Gasteiger partial charge in [-0.15, -0.1) is 0 Å². The first-order valence-corrected chi connectivity index (χ1v) is 7.51. The number of imidazole rings is 1. The van der Waals surface area contributed by atoms with Crippen LogP contribution in [0.4, 0.5) is 0 Å². The molecule has 1 atom stereocenters. The lowest BCUT2D eigenvalue weighted by molar-refractivity contribution is 0.0686. The van der Waals surface area contributed by atoms with E-state index in [1.165, 1.54) is 19.3 Å². The average Bonchev–Trinajstić information content (AvgIpc) is 2.80. The number of nitrogens with zero attached hydrogens (tertiary/aromatic N) is 3. The third kappa shape index (κ3) is 2.65. The van der Waals surface area contributed by atoms with Gasteiger partial charge in [0, 0.05) is 18.8 Å². The highest BCUT2D eigenvalue weighted by Crippen LogP contribution is 2.22. The standard InChI is InChI=1S/C16H21N3O2/c1-11-6-7-14-17-15(16(20)21)13(19(14)9-11)10-18-8-4-3-5-12(18)2/h6-7,9,12H,3-5,8,10H2,1-2H3,(H,20,21). The van der Waals surface area contributed by atoms with E-state index in [2.05, 4.69) is 16.8 Å². The SMILES string of the molecule is Cc1ccc2nc(C(=O)O)c(CN3CCCCC3C)n2c1. The number of likely N-dealkylation sites (tertiary alicyclic amines) is 1. The Balaban J connectivity index is 2.04. The number of fused-ring (bicyclic) bond motifs is 1. The molecule has 1 unspecified atom stereocenters. The van der Waals surface area contributed by atoms with Crippen LogP contribution in [0.25, 0.3) is 5.65 Å². The minimum atomic E-state index is -0.948. The number of aryl methyl sites for hydroxylation is 1. The van der Waals surface area contributed by atoms with Crippen molar-refractivity contribution in [2.45, 2.75) is 45.7 Å². The number of carbonyl (C=O) groups is 1. The molecule has 0 amide bonds. The van der Waals surface area contributed by atoms with Crippen LogP contribution in [0.3, 0.4) is 0 Å². The summed E-state index contributed by atoms with van der Waals surface area (Å²) in [7, 11) is 0. The molecule has 0 aliphatic carbocycles. The highest BCUT2D eigenvalue weighted by atomic mass is 16.4. The molecule has 0 aromatic carbocycles. The van der Waals surface area contributed by atoms with E-state index in [1.54, 1.807) is 0 Å². The number of pyridine rings is 1. The van der Waals surface area contributed by atoms with Crippen molar-refractivity contribution >= 4 is 11.6 Å². The van der Waals surface area contributed by atoms with Crippen molar-refractivity contribution in [2.75, 3.05) is 6.54 Å². The summed E-state index contributed by atoms with van der Waals surface area (Å²) in [5.74, 6) is -0.948. The van der Waals surface area contributed by atoms with Gasteiger partial charge < -0.3 is 9.51 Å². The fraction of sp³-hybridized carbons (Fsp3) is 0.500. The molecule has 2 aromatic heterocycles. The maximum atomic E-state index is 11.5. The Morgan fingerprint density at radius 2 is 2.24 bits per heavy atom. The van der Waals surface area contributed by atoms with Crippen molar-refractivity contribution in [2.24, 2.45) is 0 Å². The lowest BCUT2D eigenvalue weighted by atomic mass is 10.0. The number of piperidine rings is 1. The topological polar surface area (TPSA) is 57.8 Å². The van der Waals surface area contributed by atoms with Crippen LogP contribution in [0.15, 0.2) is 18.3 Å². The van der Waals surface area contributed by atoms with Crippen molar-refractivity contribution in [3.63, 3.8) is 0 Å². The summed E-state index contributed by atoms with van der Waals surface area (Å²) in [5, 5.41) is 9.44. The van der Waals surface area contributed by atoms with Gasteiger partial charge in [-0.3, -0.25) is 4.90 Å². The Morgan fingerprint density at radius 1 is 1.43 bits per heavy atom. The molecule has 0 radical (unpaired) electrons. The molecule has 0 saturated carbocycles. The highest BCUT2D eigenvalue weighted by molar-refractivity contribution is 5.88. The quantitative estimate of drug-likeness (QED) is 0.943. The number of carboxylic acid groups (broad SMARTS) is 1. The molecule has 112 valence electrons. The van der Waals surface area contributed by atoms with Crippen molar-refractivity contribution < 1.29 is 9.90 Å². The largest absolute Gasteiger partial charge is 0.476 e. The number of rotatable bonds is 3. The van der Waals surface area contributed by atoms with Gasteiger partial charge in [0.1, 0.15) is 5.65 Å². The summed E-state index contributed by atoms with van der Waals surface area (Å²) < 4.78 is 1.93. The van der Waals surface area contributed by atoms with E-state index in [0.29, 0.717) is 18.2 Å². The van der Waals surface area contributed by atoms with Crippen LogP contribution in [-0.2, 0) is 6.54 Å². The van der Waals surface area contributed by atoms with Crippen LogP contribution < -0.4 is 0 Å². The van der Waals surface area contributed by atoms with Gasteiger partial charge in [0.05, 0.1) is 5.69 Å². The Hall–Kier alpha value is -1.88. The molecule has 1 saturated heterocycles. The normalized spacial score (nSPS) is 20.0. The highest BCUT2D eigenvalue weighted by Gasteiger charge is 2.24. The lowest BCUT2D eigenvalue weighted by Gasteiger charge is -2.33. The molecule has 0 bridgehead atoms. The second kappa shape index (κ2) is 5.48. The number of aromatic carboxylic acids is 1. The Morgan fingerprint density at radius 3 is 2.95 bits per heavy atom.